The Hall–Kier alpha value is -2.53. The topological polar surface area (TPSA) is 60.7 Å². The normalized spacial score (nSPS) is 10.4. The van der Waals surface area contributed by atoms with Gasteiger partial charge in [0.05, 0.1) is 5.02 Å². The molecule has 0 spiro atoms. The van der Waals surface area contributed by atoms with E-state index in [0.29, 0.717) is 28.4 Å². The average molecular weight is 285 g/mol. The van der Waals surface area contributed by atoms with Gasteiger partial charge in [-0.05, 0) is 17.3 Å². The van der Waals surface area contributed by atoms with Gasteiger partial charge in [-0.2, -0.15) is 0 Å². The lowest BCUT2D eigenvalue weighted by molar-refractivity contribution is 0.112. The molecule has 0 radical (unpaired) electrons. The summed E-state index contributed by atoms with van der Waals surface area (Å²) in [6.07, 6.45) is 0.715. The Morgan fingerprint density at radius 1 is 1.05 bits per heavy atom. The van der Waals surface area contributed by atoms with Crippen molar-refractivity contribution < 1.29 is 4.79 Å². The van der Waals surface area contributed by atoms with Crippen LogP contribution in [0.4, 0.5) is 0 Å². The van der Waals surface area contributed by atoms with E-state index in [1.165, 1.54) is 4.80 Å². The lowest BCUT2D eigenvalue weighted by atomic mass is 10.2. The predicted octanol–water partition coefficient (Wildman–Crippen LogP) is 2.80. The van der Waals surface area contributed by atoms with Gasteiger partial charge in [0, 0.05) is 11.1 Å². The van der Waals surface area contributed by atoms with Crippen molar-refractivity contribution in [3.05, 3.63) is 59.1 Å². The van der Waals surface area contributed by atoms with Gasteiger partial charge in [0.2, 0.25) is 5.82 Å². The number of rotatable bonds is 3. The largest absolute Gasteiger partial charge is 0.298 e. The minimum Gasteiger partial charge on any atom is -0.298 e. The average Bonchev–Trinajstić information content (AvgIpc) is 2.97. The first kappa shape index (κ1) is 12.5. The number of hydrogen-bond donors (Lipinski definition) is 0. The maximum absolute atomic E-state index is 11.1. The first-order chi connectivity index (χ1) is 9.79. The summed E-state index contributed by atoms with van der Waals surface area (Å²) in [5.41, 5.74) is 1.69. The summed E-state index contributed by atoms with van der Waals surface area (Å²) < 4.78 is 0. The Morgan fingerprint density at radius 2 is 1.85 bits per heavy atom. The molecule has 20 heavy (non-hydrogen) atoms. The van der Waals surface area contributed by atoms with E-state index in [1.807, 2.05) is 30.3 Å². The zero-order valence-electron chi connectivity index (χ0n) is 10.3. The van der Waals surface area contributed by atoms with Crippen molar-refractivity contribution in [2.45, 2.75) is 0 Å². The molecule has 0 aliphatic heterocycles. The number of aromatic nitrogens is 4. The summed E-state index contributed by atoms with van der Waals surface area (Å²) in [4.78, 5) is 12.4. The fourth-order valence-electron chi connectivity index (χ4n) is 1.85. The van der Waals surface area contributed by atoms with Crippen LogP contribution in [0.2, 0.25) is 5.02 Å². The van der Waals surface area contributed by atoms with E-state index < -0.39 is 0 Å². The van der Waals surface area contributed by atoms with Crippen LogP contribution in [0, 0.1) is 0 Å². The van der Waals surface area contributed by atoms with Crippen molar-refractivity contribution in [3.8, 4) is 17.1 Å². The third-order valence-electron chi connectivity index (χ3n) is 2.79. The van der Waals surface area contributed by atoms with Crippen LogP contribution >= 0.6 is 11.6 Å². The molecule has 0 atom stereocenters. The third-order valence-corrected chi connectivity index (χ3v) is 3.10. The maximum atomic E-state index is 11.1. The molecule has 0 aliphatic rings. The Morgan fingerprint density at radius 3 is 2.60 bits per heavy atom. The van der Waals surface area contributed by atoms with Crippen LogP contribution in [0.5, 0.6) is 0 Å². The van der Waals surface area contributed by atoms with E-state index in [1.54, 1.807) is 18.2 Å². The summed E-state index contributed by atoms with van der Waals surface area (Å²) in [7, 11) is 0. The highest BCUT2D eigenvalue weighted by molar-refractivity contribution is 6.32. The molecule has 0 fully saturated rings. The van der Waals surface area contributed by atoms with Gasteiger partial charge in [-0.15, -0.1) is 15.0 Å². The molecular formula is C14H9ClN4O. The summed E-state index contributed by atoms with van der Waals surface area (Å²) in [5.74, 6) is 0.474. The molecule has 0 aliphatic carbocycles. The van der Waals surface area contributed by atoms with Crippen molar-refractivity contribution in [2.24, 2.45) is 0 Å². The summed E-state index contributed by atoms with van der Waals surface area (Å²) >= 11 is 6.11. The smallest absolute Gasteiger partial charge is 0.205 e. The second kappa shape index (κ2) is 5.22. The highest BCUT2D eigenvalue weighted by Gasteiger charge is 2.13. The lowest BCUT2D eigenvalue weighted by Gasteiger charge is -2.04. The second-order valence-corrected chi connectivity index (χ2v) is 4.47. The molecule has 1 aromatic heterocycles. The van der Waals surface area contributed by atoms with E-state index in [9.17, 15) is 4.79 Å². The van der Waals surface area contributed by atoms with E-state index >= 15 is 0 Å². The van der Waals surface area contributed by atoms with Gasteiger partial charge >= 0.3 is 0 Å². The molecule has 1 heterocycles. The van der Waals surface area contributed by atoms with Crippen LogP contribution in [0.3, 0.4) is 0 Å². The first-order valence-electron chi connectivity index (χ1n) is 5.89. The fourth-order valence-corrected chi connectivity index (χ4v) is 2.11. The van der Waals surface area contributed by atoms with Crippen molar-refractivity contribution in [1.82, 2.24) is 20.2 Å². The van der Waals surface area contributed by atoms with Gasteiger partial charge in [-0.1, -0.05) is 48.0 Å². The molecule has 5 nitrogen and oxygen atoms in total. The van der Waals surface area contributed by atoms with E-state index in [0.717, 1.165) is 5.56 Å². The van der Waals surface area contributed by atoms with Crippen LogP contribution in [-0.4, -0.2) is 26.5 Å². The fraction of sp³-hybridized carbons (Fsp3) is 0. The number of carbonyl (C=O) groups is 1. The second-order valence-electron chi connectivity index (χ2n) is 4.06. The van der Waals surface area contributed by atoms with Crippen LogP contribution in [0.25, 0.3) is 17.1 Å². The minimum atomic E-state index is 0.395. The number of aldehydes is 1. The molecule has 0 saturated carbocycles. The predicted molar refractivity (Wildman–Crippen MR) is 75.0 cm³/mol. The van der Waals surface area contributed by atoms with Crippen LogP contribution < -0.4 is 0 Å². The van der Waals surface area contributed by atoms with E-state index in [4.69, 9.17) is 11.6 Å². The van der Waals surface area contributed by atoms with Gasteiger partial charge in [-0.3, -0.25) is 4.79 Å². The molecule has 6 heteroatoms. The molecule has 98 valence electrons. The number of nitrogens with zero attached hydrogens (tertiary/aromatic N) is 4. The van der Waals surface area contributed by atoms with E-state index in [2.05, 4.69) is 15.4 Å². The number of hydrogen-bond acceptors (Lipinski definition) is 4. The third kappa shape index (κ3) is 2.19. The lowest BCUT2D eigenvalue weighted by Crippen LogP contribution is -2.04. The maximum Gasteiger partial charge on any atom is 0.205 e. The molecule has 3 rings (SSSR count). The molecule has 0 unspecified atom stereocenters. The van der Waals surface area contributed by atoms with Gasteiger partial charge in [-0.25, -0.2) is 0 Å². The molecular weight excluding hydrogens is 276 g/mol. The molecule has 0 bridgehead atoms. The Kier molecular flexibility index (Phi) is 3.26. The van der Waals surface area contributed by atoms with Gasteiger partial charge < -0.3 is 0 Å². The van der Waals surface area contributed by atoms with Crippen LogP contribution in [-0.2, 0) is 0 Å². The zero-order chi connectivity index (χ0) is 13.9. The van der Waals surface area contributed by atoms with Gasteiger partial charge in [0.1, 0.15) is 5.69 Å². The van der Waals surface area contributed by atoms with Crippen LogP contribution in [0.1, 0.15) is 10.4 Å². The summed E-state index contributed by atoms with van der Waals surface area (Å²) in [6.45, 7) is 0. The number of benzene rings is 2. The number of para-hydroxylation sites is 1. The minimum absolute atomic E-state index is 0.395. The Balaban J connectivity index is 2.10. The SMILES string of the molecule is O=Cc1cccc(Cl)c1-n1nnc(-c2ccccc2)n1. The Bertz CT molecular complexity index is 755. The highest BCUT2D eigenvalue weighted by atomic mass is 35.5. The summed E-state index contributed by atoms with van der Waals surface area (Å²) in [5, 5.41) is 12.6. The van der Waals surface area contributed by atoms with Gasteiger partial charge in [0.15, 0.2) is 6.29 Å². The molecule has 0 amide bonds. The number of tetrazole rings is 1. The Labute approximate surface area is 119 Å². The van der Waals surface area contributed by atoms with Crippen molar-refractivity contribution in [3.63, 3.8) is 0 Å². The number of carbonyl (C=O) groups excluding carboxylic acids is 1. The number of halogens is 1. The quantitative estimate of drug-likeness (QED) is 0.694. The van der Waals surface area contributed by atoms with E-state index in [-0.39, 0.29) is 0 Å². The van der Waals surface area contributed by atoms with Crippen molar-refractivity contribution >= 4 is 17.9 Å². The molecule has 2 aromatic carbocycles. The van der Waals surface area contributed by atoms with Gasteiger partial charge in [0.25, 0.3) is 0 Å². The van der Waals surface area contributed by atoms with Crippen LogP contribution in [0.15, 0.2) is 48.5 Å². The first-order valence-corrected chi connectivity index (χ1v) is 6.27. The molecule has 0 saturated heterocycles. The summed E-state index contributed by atoms with van der Waals surface area (Å²) in [6, 6.07) is 14.5. The van der Waals surface area contributed by atoms with Crippen molar-refractivity contribution in [2.75, 3.05) is 0 Å². The standard InChI is InChI=1S/C14H9ClN4O/c15-12-8-4-7-11(9-20)13(12)19-17-14(16-18-19)10-5-2-1-3-6-10/h1-9H. The molecule has 3 aromatic rings. The highest BCUT2D eigenvalue weighted by Crippen LogP contribution is 2.23. The van der Waals surface area contributed by atoms with Crippen molar-refractivity contribution in [1.29, 1.82) is 0 Å². The zero-order valence-corrected chi connectivity index (χ0v) is 11.0. The monoisotopic (exact) mass is 284 g/mol. The molecule has 0 N–H and O–H groups in total.